The van der Waals surface area contributed by atoms with E-state index >= 15 is 13.2 Å². The van der Waals surface area contributed by atoms with Crippen molar-refractivity contribution in [1.82, 2.24) is 16.1 Å². The lowest BCUT2D eigenvalue weighted by Crippen LogP contribution is -2.33. The highest BCUT2D eigenvalue weighted by Crippen LogP contribution is 2.36. The summed E-state index contributed by atoms with van der Waals surface area (Å²) in [5.41, 5.74) is 8.96. The second-order valence-electron chi connectivity index (χ2n) is 8.50. The SMILES string of the molecule is C/C=C1/OC(CNC2=NCC=C2)CN1c1cc(F)c(-c2ccc(CNC/C(=C/N)NN)cc2)c(F)c1F. The number of halogens is 3. The van der Waals surface area contributed by atoms with Gasteiger partial charge in [0.05, 0.1) is 36.6 Å². The number of allylic oxidation sites excluding steroid dienone is 1. The Morgan fingerprint density at radius 3 is 2.65 bits per heavy atom. The average molecular weight is 514 g/mol. The van der Waals surface area contributed by atoms with Crippen LogP contribution in [0.4, 0.5) is 18.9 Å². The molecule has 2 heterocycles. The molecule has 0 aromatic heterocycles. The minimum absolute atomic E-state index is 0.217. The molecule has 1 fully saturated rings. The van der Waals surface area contributed by atoms with Crippen molar-refractivity contribution in [1.29, 1.82) is 0 Å². The van der Waals surface area contributed by atoms with Crippen molar-refractivity contribution < 1.29 is 17.9 Å². The molecule has 0 radical (unpaired) electrons. The van der Waals surface area contributed by atoms with Gasteiger partial charge in [-0.15, -0.1) is 0 Å². The van der Waals surface area contributed by atoms with E-state index in [4.69, 9.17) is 16.3 Å². The van der Waals surface area contributed by atoms with Gasteiger partial charge < -0.3 is 31.4 Å². The number of benzene rings is 2. The van der Waals surface area contributed by atoms with Gasteiger partial charge in [0, 0.05) is 25.4 Å². The predicted octanol–water partition coefficient (Wildman–Crippen LogP) is 2.75. The molecule has 0 spiro atoms. The van der Waals surface area contributed by atoms with Crippen LogP contribution in [0.1, 0.15) is 12.5 Å². The van der Waals surface area contributed by atoms with Gasteiger partial charge in [-0.3, -0.25) is 10.8 Å². The first-order chi connectivity index (χ1) is 17.9. The number of hydrazine groups is 1. The van der Waals surface area contributed by atoms with Crippen LogP contribution in [0.15, 0.2) is 71.3 Å². The first-order valence-corrected chi connectivity index (χ1v) is 11.8. The highest BCUT2D eigenvalue weighted by Gasteiger charge is 2.33. The van der Waals surface area contributed by atoms with Crippen LogP contribution in [-0.4, -0.2) is 38.1 Å². The molecule has 0 saturated carbocycles. The van der Waals surface area contributed by atoms with Crippen molar-refractivity contribution >= 4 is 11.5 Å². The molecule has 1 unspecified atom stereocenters. The van der Waals surface area contributed by atoms with Crippen molar-refractivity contribution in [3.63, 3.8) is 0 Å². The zero-order valence-corrected chi connectivity index (χ0v) is 20.4. The third-order valence-corrected chi connectivity index (χ3v) is 6.04. The zero-order chi connectivity index (χ0) is 26.4. The van der Waals surface area contributed by atoms with E-state index < -0.39 is 23.0 Å². The molecule has 2 aliphatic rings. The minimum Gasteiger partial charge on any atom is -0.472 e. The Labute approximate surface area is 213 Å². The zero-order valence-electron chi connectivity index (χ0n) is 20.4. The molecule has 1 atom stereocenters. The Balaban J connectivity index is 1.49. The first-order valence-electron chi connectivity index (χ1n) is 11.8. The van der Waals surface area contributed by atoms with Crippen molar-refractivity contribution in [2.24, 2.45) is 16.6 Å². The fourth-order valence-electron chi connectivity index (χ4n) is 4.15. The van der Waals surface area contributed by atoms with E-state index in [0.29, 0.717) is 37.8 Å². The highest BCUT2D eigenvalue weighted by molar-refractivity contribution is 5.94. The van der Waals surface area contributed by atoms with Gasteiger partial charge in [-0.2, -0.15) is 0 Å². The standard InChI is InChI=1S/C26H30F3N7O/c1-2-23-36(15-19(37-23)14-34-22-4-3-9-33-22)21-10-20(27)24(26(29)25(21)28)17-7-5-16(6-8-17)12-32-13-18(11-30)35-31/h2-8,10-11,19,32,35H,9,12-15,30-31H2,1H3,(H,33,34)/b18-11-,23-2+. The number of nitrogens with zero attached hydrogens (tertiary/aromatic N) is 2. The lowest BCUT2D eigenvalue weighted by Gasteiger charge is -2.20. The molecule has 2 aromatic rings. The summed E-state index contributed by atoms with van der Waals surface area (Å²) < 4.78 is 51.6. The number of aliphatic imine (C=N–C) groups is 1. The molecule has 2 aromatic carbocycles. The van der Waals surface area contributed by atoms with Crippen molar-refractivity contribution in [2.45, 2.75) is 19.6 Å². The van der Waals surface area contributed by atoms with Crippen molar-refractivity contribution in [2.75, 3.05) is 31.1 Å². The van der Waals surface area contributed by atoms with Gasteiger partial charge in [0.2, 0.25) is 0 Å². The number of ether oxygens (including phenoxy) is 1. The third-order valence-electron chi connectivity index (χ3n) is 6.04. The second kappa shape index (κ2) is 11.8. The average Bonchev–Trinajstić information content (AvgIpc) is 3.58. The molecule has 11 heteroatoms. The summed E-state index contributed by atoms with van der Waals surface area (Å²) in [6.45, 7) is 3.86. The van der Waals surface area contributed by atoms with E-state index in [9.17, 15) is 0 Å². The smallest absolute Gasteiger partial charge is 0.190 e. The van der Waals surface area contributed by atoms with Gasteiger partial charge in [0.15, 0.2) is 17.5 Å². The summed E-state index contributed by atoms with van der Waals surface area (Å²) in [6, 6.07) is 7.54. The Morgan fingerprint density at radius 2 is 2.00 bits per heavy atom. The fourth-order valence-corrected chi connectivity index (χ4v) is 4.15. The van der Waals surface area contributed by atoms with Crippen LogP contribution >= 0.6 is 0 Å². The molecule has 1 saturated heterocycles. The summed E-state index contributed by atoms with van der Waals surface area (Å²) >= 11 is 0. The maximum atomic E-state index is 15.3. The summed E-state index contributed by atoms with van der Waals surface area (Å²) in [6.07, 6.45) is 6.42. The second-order valence-corrected chi connectivity index (χ2v) is 8.50. The molecule has 2 aliphatic heterocycles. The Bertz CT molecular complexity index is 1240. The topological polar surface area (TPSA) is 113 Å². The van der Waals surface area contributed by atoms with E-state index in [0.717, 1.165) is 17.5 Å². The lowest BCUT2D eigenvalue weighted by molar-refractivity contribution is 0.170. The molecule has 0 bridgehead atoms. The molecule has 196 valence electrons. The number of hydrogen-bond acceptors (Lipinski definition) is 8. The summed E-state index contributed by atoms with van der Waals surface area (Å²) in [7, 11) is 0. The van der Waals surface area contributed by atoms with Gasteiger partial charge in [-0.05, 0) is 30.2 Å². The van der Waals surface area contributed by atoms with Crippen LogP contribution in [0.2, 0.25) is 0 Å². The predicted molar refractivity (Wildman–Crippen MR) is 138 cm³/mol. The van der Waals surface area contributed by atoms with Crippen molar-refractivity contribution in [3.8, 4) is 11.1 Å². The van der Waals surface area contributed by atoms with E-state index in [1.54, 1.807) is 37.3 Å². The van der Waals surface area contributed by atoms with E-state index in [1.165, 1.54) is 11.1 Å². The molecule has 0 amide bonds. The summed E-state index contributed by atoms with van der Waals surface area (Å²) in [5.74, 6) is 3.14. The normalized spacial score (nSPS) is 18.4. The van der Waals surface area contributed by atoms with Gasteiger partial charge in [0.25, 0.3) is 0 Å². The number of anilines is 1. The quantitative estimate of drug-likeness (QED) is 0.199. The van der Waals surface area contributed by atoms with E-state index in [2.05, 4.69) is 21.1 Å². The number of rotatable bonds is 9. The molecule has 7 N–H and O–H groups in total. The molecular formula is C26H30F3N7O. The monoisotopic (exact) mass is 513 g/mol. The molecule has 0 aliphatic carbocycles. The minimum atomic E-state index is -1.25. The third kappa shape index (κ3) is 5.89. The molecule has 4 rings (SSSR count). The number of hydrogen-bond donors (Lipinski definition) is 5. The maximum absolute atomic E-state index is 15.3. The van der Waals surface area contributed by atoms with Crippen LogP contribution in [-0.2, 0) is 11.3 Å². The Hall–Kier alpha value is -3.96. The van der Waals surface area contributed by atoms with Gasteiger partial charge in [0.1, 0.15) is 17.8 Å². The summed E-state index contributed by atoms with van der Waals surface area (Å²) in [5, 5.41) is 6.29. The van der Waals surface area contributed by atoms with Gasteiger partial charge in [-0.25, -0.2) is 13.2 Å². The van der Waals surface area contributed by atoms with Gasteiger partial charge in [-0.1, -0.05) is 30.3 Å². The van der Waals surface area contributed by atoms with E-state index in [-0.39, 0.29) is 23.9 Å². The van der Waals surface area contributed by atoms with Crippen molar-refractivity contribution in [3.05, 3.63) is 89.4 Å². The molecule has 8 nitrogen and oxygen atoms in total. The Kier molecular flexibility index (Phi) is 8.36. The number of amidine groups is 1. The van der Waals surface area contributed by atoms with Crippen LogP contribution in [0.25, 0.3) is 11.1 Å². The first kappa shape index (κ1) is 26.1. The van der Waals surface area contributed by atoms with Crippen LogP contribution in [0, 0.1) is 17.5 Å². The van der Waals surface area contributed by atoms with E-state index in [1.807, 2.05) is 12.2 Å². The Morgan fingerprint density at radius 1 is 1.22 bits per heavy atom. The van der Waals surface area contributed by atoms with Gasteiger partial charge >= 0.3 is 0 Å². The molecule has 37 heavy (non-hydrogen) atoms. The fraction of sp³-hybridized carbons (Fsp3) is 0.269. The number of nitrogens with two attached hydrogens (primary N) is 2. The number of nitrogens with one attached hydrogen (secondary N) is 3. The van der Waals surface area contributed by atoms with Crippen LogP contribution in [0.5, 0.6) is 0 Å². The maximum Gasteiger partial charge on any atom is 0.190 e. The largest absolute Gasteiger partial charge is 0.472 e. The van der Waals surface area contributed by atoms with Crippen LogP contribution < -0.4 is 32.5 Å². The molecular weight excluding hydrogens is 483 g/mol. The summed E-state index contributed by atoms with van der Waals surface area (Å²) in [4.78, 5) is 5.70. The lowest BCUT2D eigenvalue weighted by atomic mass is 10.0. The van der Waals surface area contributed by atoms with Crippen LogP contribution in [0.3, 0.4) is 0 Å². The highest BCUT2D eigenvalue weighted by atomic mass is 19.2.